The number of hydrogen-bond donors (Lipinski definition) is 0. The first-order valence-corrected chi connectivity index (χ1v) is 10.2. The second kappa shape index (κ2) is 13.6. The van der Waals surface area contributed by atoms with Crippen LogP contribution < -0.4 is 35.0 Å². The molecule has 0 amide bonds. The highest BCUT2D eigenvalue weighted by Crippen LogP contribution is 2.26. The Morgan fingerprint density at radius 2 is 1.00 bits per heavy atom. The Balaban J connectivity index is 0.00000544. The summed E-state index contributed by atoms with van der Waals surface area (Å²) in [5.74, 6) is -4.78. The molecule has 8 nitrogen and oxygen atoms in total. The number of carbonyl (C=O) groups is 4. The van der Waals surface area contributed by atoms with Gasteiger partial charge in [0.25, 0.3) is 0 Å². The molecule has 2 unspecified atom stereocenters. The van der Waals surface area contributed by atoms with Crippen LogP contribution in [0, 0.1) is 0 Å². The number of rotatable bonds is 9. The number of benzene rings is 2. The molecule has 0 aliphatic heterocycles. The van der Waals surface area contributed by atoms with Crippen LogP contribution in [0.2, 0.25) is 0 Å². The predicted molar refractivity (Wildman–Crippen MR) is 111 cm³/mol. The van der Waals surface area contributed by atoms with Crippen molar-refractivity contribution < 1.29 is 63.7 Å². The quantitative estimate of drug-likeness (QED) is 0.311. The van der Waals surface area contributed by atoms with Crippen LogP contribution in [0.5, 0.6) is 0 Å². The molecule has 0 saturated carbocycles. The first kappa shape index (κ1) is 30.9. The lowest BCUT2D eigenvalue weighted by molar-refractivity contribution is -0.256. The van der Waals surface area contributed by atoms with E-state index in [2.05, 4.69) is 0 Å². The Bertz CT molecular complexity index is 968. The molecule has 0 fully saturated rings. The van der Waals surface area contributed by atoms with E-state index in [1.807, 2.05) is 13.8 Å². The van der Waals surface area contributed by atoms with Gasteiger partial charge >= 0.3 is 11.9 Å². The number of carbonyl (C=O) groups excluding carboxylic acids is 4. The SMILES string of the molecule is CCC(C)OC(=O)c1ccc(-c2ccc(C(=O)OC(C)CC)c(C(=O)[O-])c2)cc1C(=O)[O-].[Cl-].[Cl-]. The molecule has 34 heavy (non-hydrogen) atoms. The van der Waals surface area contributed by atoms with Gasteiger partial charge in [0.1, 0.15) is 0 Å². The highest BCUT2D eigenvalue weighted by Gasteiger charge is 2.19. The van der Waals surface area contributed by atoms with E-state index in [-0.39, 0.29) is 35.9 Å². The van der Waals surface area contributed by atoms with E-state index < -0.39 is 47.2 Å². The molecule has 2 atom stereocenters. The summed E-state index contributed by atoms with van der Waals surface area (Å²) in [5, 5.41) is 23.3. The molecule has 0 heterocycles. The molecule has 0 radical (unpaired) electrons. The van der Waals surface area contributed by atoms with E-state index in [1.54, 1.807) is 13.8 Å². The standard InChI is InChI=1S/C24H26O8.2ClH/c1-5-13(3)31-23(29)17-9-7-15(11-19(17)21(25)26)16-8-10-18(20(12-16)22(27)28)24(30)32-14(4)6-2;;/h7-14H,5-6H2,1-4H3,(H,25,26)(H,27,28);2*1H/p-4. The van der Waals surface area contributed by atoms with Crippen LogP contribution >= 0.6 is 0 Å². The molecule has 0 spiro atoms. The third-order valence-corrected chi connectivity index (χ3v) is 5.02. The van der Waals surface area contributed by atoms with Gasteiger partial charge in [0.2, 0.25) is 0 Å². The van der Waals surface area contributed by atoms with Crippen molar-refractivity contribution >= 4 is 23.9 Å². The number of halogens is 2. The first-order chi connectivity index (χ1) is 15.1. The molecule has 10 heteroatoms. The molecular weight excluding hydrogens is 487 g/mol. The minimum absolute atomic E-state index is 0. The van der Waals surface area contributed by atoms with Gasteiger partial charge in [-0.25, -0.2) is 9.59 Å². The summed E-state index contributed by atoms with van der Waals surface area (Å²) < 4.78 is 10.4. The predicted octanol–water partition coefficient (Wildman–Crippen LogP) is -4.00. The van der Waals surface area contributed by atoms with Gasteiger partial charge in [0.15, 0.2) is 0 Å². The van der Waals surface area contributed by atoms with Crippen LogP contribution in [0.3, 0.4) is 0 Å². The number of carboxylic acid groups (broad SMARTS) is 2. The second-order valence-electron chi connectivity index (χ2n) is 7.34. The second-order valence-corrected chi connectivity index (χ2v) is 7.34. The highest BCUT2D eigenvalue weighted by molar-refractivity contribution is 6.04. The maximum absolute atomic E-state index is 12.3. The van der Waals surface area contributed by atoms with Gasteiger partial charge in [0.05, 0.1) is 35.3 Å². The number of hydrogen-bond acceptors (Lipinski definition) is 8. The first-order valence-electron chi connectivity index (χ1n) is 10.2. The average molecular weight is 511 g/mol. The lowest BCUT2D eigenvalue weighted by atomic mass is 9.95. The van der Waals surface area contributed by atoms with E-state index in [0.717, 1.165) is 0 Å². The zero-order valence-corrected chi connectivity index (χ0v) is 20.6. The van der Waals surface area contributed by atoms with Crippen molar-refractivity contribution in [3.63, 3.8) is 0 Å². The van der Waals surface area contributed by atoms with Gasteiger partial charge < -0.3 is 54.1 Å². The van der Waals surface area contributed by atoms with Crippen molar-refractivity contribution in [1.29, 1.82) is 0 Å². The maximum atomic E-state index is 12.3. The fourth-order valence-electron chi connectivity index (χ4n) is 2.80. The molecule has 0 aliphatic rings. The molecular formula is C24H24Cl2O8-4. The van der Waals surface area contributed by atoms with Gasteiger partial charge in [-0.3, -0.25) is 0 Å². The van der Waals surface area contributed by atoms with Gasteiger partial charge in [0, 0.05) is 11.1 Å². The lowest BCUT2D eigenvalue weighted by Gasteiger charge is -2.17. The minimum atomic E-state index is -1.59. The topological polar surface area (TPSA) is 133 Å². The fourth-order valence-corrected chi connectivity index (χ4v) is 2.80. The Morgan fingerprint density at radius 1 is 0.676 bits per heavy atom. The van der Waals surface area contributed by atoms with E-state index in [9.17, 15) is 29.4 Å². The van der Waals surface area contributed by atoms with Gasteiger partial charge in [-0.2, -0.15) is 0 Å². The summed E-state index contributed by atoms with van der Waals surface area (Å²) in [5.41, 5.74) is -0.551. The van der Waals surface area contributed by atoms with Crippen LogP contribution in [0.15, 0.2) is 36.4 Å². The molecule has 2 aromatic rings. The molecule has 2 rings (SSSR count). The summed E-state index contributed by atoms with van der Waals surface area (Å²) in [6.45, 7) is 7.00. The minimum Gasteiger partial charge on any atom is -1.00 e. The van der Waals surface area contributed by atoms with Gasteiger partial charge in [-0.1, -0.05) is 26.0 Å². The highest BCUT2D eigenvalue weighted by atomic mass is 35.5. The summed E-state index contributed by atoms with van der Waals surface area (Å²) >= 11 is 0. The molecule has 0 saturated heterocycles. The zero-order valence-electron chi connectivity index (χ0n) is 19.1. The van der Waals surface area contributed by atoms with Crippen molar-refractivity contribution in [2.45, 2.75) is 52.7 Å². The summed E-state index contributed by atoms with van der Waals surface area (Å²) in [6.07, 6.45) is 0.320. The third kappa shape index (κ3) is 7.46. The zero-order chi connectivity index (χ0) is 24.0. The lowest BCUT2D eigenvalue weighted by Crippen LogP contribution is -3.00. The van der Waals surface area contributed by atoms with Crippen molar-refractivity contribution in [3.8, 4) is 11.1 Å². The van der Waals surface area contributed by atoms with Crippen molar-refractivity contribution in [2.24, 2.45) is 0 Å². The monoisotopic (exact) mass is 510 g/mol. The molecule has 0 aliphatic carbocycles. The van der Waals surface area contributed by atoms with Crippen LogP contribution in [0.25, 0.3) is 11.1 Å². The van der Waals surface area contributed by atoms with Crippen LogP contribution in [-0.4, -0.2) is 36.1 Å². The number of aromatic carboxylic acids is 2. The van der Waals surface area contributed by atoms with E-state index in [1.165, 1.54) is 36.4 Å². The van der Waals surface area contributed by atoms with Gasteiger partial charge in [-0.15, -0.1) is 0 Å². The van der Waals surface area contributed by atoms with E-state index in [4.69, 9.17) is 9.47 Å². The maximum Gasteiger partial charge on any atom is 0.339 e. The van der Waals surface area contributed by atoms with Crippen LogP contribution in [0.1, 0.15) is 82.0 Å². The molecule has 0 bridgehead atoms. The van der Waals surface area contributed by atoms with Crippen molar-refractivity contribution in [1.82, 2.24) is 0 Å². The summed E-state index contributed by atoms with van der Waals surface area (Å²) in [6, 6.07) is 7.82. The largest absolute Gasteiger partial charge is 1.00 e. The molecule has 186 valence electrons. The smallest absolute Gasteiger partial charge is 0.339 e. The molecule has 2 aromatic carbocycles. The Labute approximate surface area is 210 Å². The normalized spacial score (nSPS) is 11.8. The van der Waals surface area contributed by atoms with E-state index >= 15 is 0 Å². The van der Waals surface area contributed by atoms with Crippen molar-refractivity contribution in [2.75, 3.05) is 0 Å². The number of esters is 2. The summed E-state index contributed by atoms with van der Waals surface area (Å²) in [4.78, 5) is 47.9. The number of ether oxygens (including phenoxy) is 2. The number of carboxylic acids is 2. The fraction of sp³-hybridized carbons (Fsp3) is 0.333. The summed E-state index contributed by atoms with van der Waals surface area (Å²) in [7, 11) is 0. The Hall–Kier alpha value is -3.10. The van der Waals surface area contributed by atoms with Crippen molar-refractivity contribution in [3.05, 3.63) is 58.7 Å². The Kier molecular flexibility index (Phi) is 12.3. The van der Waals surface area contributed by atoms with E-state index in [0.29, 0.717) is 24.0 Å². The third-order valence-electron chi connectivity index (χ3n) is 5.02. The molecule has 0 aromatic heterocycles. The van der Waals surface area contributed by atoms with Crippen LogP contribution in [0.4, 0.5) is 0 Å². The average Bonchev–Trinajstić information content (AvgIpc) is 2.77. The van der Waals surface area contributed by atoms with Gasteiger partial charge in [-0.05, 0) is 62.1 Å². The molecule has 0 N–H and O–H groups in total. The van der Waals surface area contributed by atoms with Crippen LogP contribution in [-0.2, 0) is 9.47 Å². The Morgan fingerprint density at radius 3 is 1.26 bits per heavy atom.